The number of imidazole rings is 1. The van der Waals surface area contributed by atoms with E-state index in [9.17, 15) is 0 Å². The average Bonchev–Trinajstić information content (AvgIpc) is 2.63. The molecule has 0 saturated heterocycles. The number of rotatable bonds is 3. The minimum atomic E-state index is 0. The predicted molar refractivity (Wildman–Crippen MR) is 57.4 cm³/mol. The Labute approximate surface area is 103 Å². The third-order valence-electron chi connectivity index (χ3n) is 1.95. The largest absolute Gasteiger partial charge is 1.00 e. The quantitative estimate of drug-likeness (QED) is 0.429. The first-order valence-corrected chi connectivity index (χ1v) is 6.60. The molecule has 1 aromatic heterocycles. The van der Waals surface area contributed by atoms with Gasteiger partial charge in [0, 0.05) is 0 Å². The molecule has 0 amide bonds. The van der Waals surface area contributed by atoms with Gasteiger partial charge in [-0.2, -0.15) is 0 Å². The zero-order valence-corrected chi connectivity index (χ0v) is 11.0. The van der Waals surface area contributed by atoms with Crippen molar-refractivity contribution in [2.75, 3.05) is 0 Å². The zero-order chi connectivity index (χ0) is 9.80. The molecule has 15 heavy (non-hydrogen) atoms. The predicted octanol–water partition coefficient (Wildman–Crippen LogP) is -2.70. The molecule has 0 aliphatic carbocycles. The summed E-state index contributed by atoms with van der Waals surface area (Å²) in [6.07, 6.45) is 6.30. The van der Waals surface area contributed by atoms with Crippen LogP contribution in [0.4, 0.5) is 0 Å². The van der Waals surface area contributed by atoms with Gasteiger partial charge in [0.1, 0.15) is 0 Å². The summed E-state index contributed by atoms with van der Waals surface area (Å²) in [5.41, 5.74) is 1.11. The number of aryl methyl sites for hydroxylation is 1. The molecule has 0 N–H and O–H groups in total. The Morgan fingerprint density at radius 1 is 1.27 bits per heavy atom. The molecule has 0 aliphatic heterocycles. The normalized spacial score (nSPS) is 9.67. The van der Waals surface area contributed by atoms with Crippen molar-refractivity contribution in [2.45, 2.75) is 5.44 Å². The molecule has 0 aliphatic rings. The standard InChI is InChI=1S/C11H13N2Se.ClH/c1-12-7-8-13(9-12)10-14-11-5-3-2-4-6-11;/h2-9H,10H2,1H3;1H/q+1;/p-1. The van der Waals surface area contributed by atoms with E-state index in [1.165, 1.54) is 4.46 Å². The van der Waals surface area contributed by atoms with E-state index in [2.05, 4.69) is 58.2 Å². The van der Waals surface area contributed by atoms with Crippen molar-refractivity contribution in [3.8, 4) is 0 Å². The number of benzene rings is 1. The fraction of sp³-hybridized carbons (Fsp3) is 0.182. The van der Waals surface area contributed by atoms with Crippen LogP contribution >= 0.6 is 0 Å². The van der Waals surface area contributed by atoms with Crippen molar-refractivity contribution < 1.29 is 17.0 Å². The van der Waals surface area contributed by atoms with Crippen molar-refractivity contribution >= 4 is 19.4 Å². The van der Waals surface area contributed by atoms with Gasteiger partial charge in [-0.05, 0) is 0 Å². The Balaban J connectivity index is 0.00000112. The number of hydrogen-bond donors (Lipinski definition) is 0. The fourth-order valence-electron chi connectivity index (χ4n) is 1.24. The Hall–Kier alpha value is -0.761. The second-order valence-corrected chi connectivity index (χ2v) is 5.32. The van der Waals surface area contributed by atoms with E-state index < -0.39 is 0 Å². The molecule has 2 aromatic rings. The van der Waals surface area contributed by atoms with Crippen LogP contribution in [-0.4, -0.2) is 19.5 Å². The molecular weight excluding hydrogens is 275 g/mol. The summed E-state index contributed by atoms with van der Waals surface area (Å²) >= 11 is 0.535. The van der Waals surface area contributed by atoms with E-state index in [1.807, 2.05) is 7.05 Å². The van der Waals surface area contributed by atoms with Gasteiger partial charge in [-0.3, -0.25) is 0 Å². The molecule has 4 heteroatoms. The maximum absolute atomic E-state index is 2.23. The number of aromatic nitrogens is 2. The average molecular weight is 288 g/mol. The van der Waals surface area contributed by atoms with Crippen LogP contribution < -0.4 is 21.4 Å². The summed E-state index contributed by atoms with van der Waals surface area (Å²) in [4.78, 5) is 0. The molecule has 1 heterocycles. The molecule has 0 bridgehead atoms. The Kier molecular flexibility index (Phi) is 4.89. The number of nitrogens with zero attached hydrogens (tertiary/aromatic N) is 2. The van der Waals surface area contributed by atoms with E-state index in [-0.39, 0.29) is 12.4 Å². The van der Waals surface area contributed by atoms with Gasteiger partial charge < -0.3 is 12.4 Å². The van der Waals surface area contributed by atoms with Crippen LogP contribution in [0.25, 0.3) is 0 Å². The van der Waals surface area contributed by atoms with Crippen molar-refractivity contribution in [2.24, 2.45) is 7.05 Å². The van der Waals surface area contributed by atoms with Crippen molar-refractivity contribution in [3.05, 3.63) is 49.1 Å². The monoisotopic (exact) mass is 288 g/mol. The summed E-state index contributed by atoms with van der Waals surface area (Å²) in [6.45, 7) is 0. The van der Waals surface area contributed by atoms with Crippen LogP contribution in [0.1, 0.15) is 0 Å². The van der Waals surface area contributed by atoms with Crippen molar-refractivity contribution in [1.29, 1.82) is 0 Å². The summed E-state index contributed by atoms with van der Waals surface area (Å²) in [7, 11) is 2.05. The van der Waals surface area contributed by atoms with E-state index in [0.717, 1.165) is 5.44 Å². The Morgan fingerprint density at radius 3 is 2.60 bits per heavy atom. The van der Waals surface area contributed by atoms with Gasteiger partial charge in [-0.25, -0.2) is 0 Å². The summed E-state index contributed by atoms with van der Waals surface area (Å²) < 4.78 is 5.75. The second kappa shape index (κ2) is 5.96. The molecule has 0 atom stereocenters. The van der Waals surface area contributed by atoms with Gasteiger partial charge in [0.2, 0.25) is 0 Å². The first-order chi connectivity index (χ1) is 6.84. The van der Waals surface area contributed by atoms with Gasteiger partial charge in [-0.1, -0.05) is 0 Å². The van der Waals surface area contributed by atoms with Crippen LogP contribution in [0, 0.1) is 0 Å². The minimum Gasteiger partial charge on any atom is -1.00 e. The first-order valence-electron chi connectivity index (χ1n) is 4.53. The topological polar surface area (TPSA) is 8.81 Å². The van der Waals surface area contributed by atoms with E-state index in [1.54, 1.807) is 0 Å². The molecule has 2 nitrogen and oxygen atoms in total. The SMILES string of the molecule is C[n+]1ccn(C[Se]c2ccccc2)c1.[Cl-]. The van der Waals surface area contributed by atoms with Crippen molar-refractivity contribution in [1.82, 2.24) is 4.57 Å². The molecule has 0 spiro atoms. The van der Waals surface area contributed by atoms with Crippen molar-refractivity contribution in [3.63, 3.8) is 0 Å². The van der Waals surface area contributed by atoms with Gasteiger partial charge in [0.15, 0.2) is 0 Å². The van der Waals surface area contributed by atoms with Gasteiger partial charge in [-0.15, -0.1) is 0 Å². The fourth-order valence-corrected chi connectivity index (χ4v) is 2.92. The maximum Gasteiger partial charge on any atom is -1.00 e. The molecule has 0 radical (unpaired) electrons. The summed E-state index contributed by atoms with van der Waals surface area (Å²) in [6, 6.07) is 10.7. The van der Waals surface area contributed by atoms with Gasteiger partial charge in [0.25, 0.3) is 0 Å². The minimum absolute atomic E-state index is 0. The number of halogens is 1. The van der Waals surface area contributed by atoms with Crippen LogP contribution in [-0.2, 0) is 12.5 Å². The third-order valence-corrected chi connectivity index (χ3v) is 4.11. The first kappa shape index (κ1) is 12.3. The van der Waals surface area contributed by atoms with E-state index in [0.29, 0.717) is 15.0 Å². The summed E-state index contributed by atoms with van der Waals surface area (Å²) in [5.74, 6) is 0. The third kappa shape index (κ3) is 3.71. The van der Waals surface area contributed by atoms with Crippen LogP contribution in [0.3, 0.4) is 0 Å². The molecule has 1 aromatic carbocycles. The maximum atomic E-state index is 2.23. The van der Waals surface area contributed by atoms with E-state index in [4.69, 9.17) is 0 Å². The van der Waals surface area contributed by atoms with Crippen LogP contribution in [0.5, 0.6) is 0 Å². The zero-order valence-electron chi connectivity index (χ0n) is 8.51. The summed E-state index contributed by atoms with van der Waals surface area (Å²) in [5, 5.41) is 0. The molecular formula is C11H13ClN2Se. The Morgan fingerprint density at radius 2 is 2.00 bits per heavy atom. The van der Waals surface area contributed by atoms with E-state index >= 15 is 0 Å². The second-order valence-electron chi connectivity index (χ2n) is 3.18. The molecule has 0 unspecified atom stereocenters. The smallest absolute Gasteiger partial charge is 1.00 e. The Bertz CT molecular complexity index is 400. The molecule has 0 fully saturated rings. The molecule has 80 valence electrons. The molecule has 0 saturated carbocycles. The van der Waals surface area contributed by atoms with Crippen LogP contribution in [0.15, 0.2) is 49.1 Å². The van der Waals surface area contributed by atoms with Crippen LogP contribution in [0.2, 0.25) is 0 Å². The van der Waals surface area contributed by atoms with Gasteiger partial charge in [0.05, 0.1) is 0 Å². The molecule has 2 rings (SSSR count). The van der Waals surface area contributed by atoms with Gasteiger partial charge >= 0.3 is 90.1 Å². The number of hydrogen-bond acceptors (Lipinski definition) is 0.